The van der Waals surface area contributed by atoms with Crippen LogP contribution in [0, 0.1) is 0 Å². The number of amides is 1. The molecule has 1 unspecified atom stereocenters. The number of carbonyl (C=O) groups is 3. The van der Waals surface area contributed by atoms with E-state index in [1.165, 1.54) is 6.20 Å². The van der Waals surface area contributed by atoms with Crippen molar-refractivity contribution in [3.05, 3.63) is 58.4 Å². The van der Waals surface area contributed by atoms with E-state index in [0.717, 1.165) is 0 Å². The number of anilines is 1. The van der Waals surface area contributed by atoms with Gasteiger partial charge in [-0.25, -0.2) is 4.79 Å². The maximum Gasteiger partial charge on any atom is 0.409 e. The number of alkyl carbamates (subject to hydrolysis) is 1. The van der Waals surface area contributed by atoms with Crippen LogP contribution in [0.25, 0.3) is 0 Å². The minimum absolute atomic E-state index is 0.230. The van der Waals surface area contributed by atoms with Crippen molar-refractivity contribution in [3.63, 3.8) is 0 Å². The third-order valence-electron chi connectivity index (χ3n) is 3.81. The molecule has 7 nitrogen and oxygen atoms in total. The molecule has 0 aliphatic carbocycles. The van der Waals surface area contributed by atoms with Crippen LogP contribution in [-0.4, -0.2) is 34.9 Å². The first-order valence-electron chi connectivity index (χ1n) is 9.14. The molecule has 0 radical (unpaired) electrons. The molecular formula is C21H24ClN3O4. The summed E-state index contributed by atoms with van der Waals surface area (Å²) in [6, 6.07) is 8.33. The molecule has 0 fully saturated rings. The Hall–Kier alpha value is -2.93. The average Bonchev–Trinajstić information content (AvgIpc) is 2.65. The van der Waals surface area contributed by atoms with E-state index in [2.05, 4.69) is 15.6 Å². The van der Waals surface area contributed by atoms with Gasteiger partial charge in [0.15, 0.2) is 18.2 Å². The van der Waals surface area contributed by atoms with Gasteiger partial charge in [0.05, 0.1) is 16.3 Å². The van der Waals surface area contributed by atoms with Gasteiger partial charge >= 0.3 is 6.09 Å². The van der Waals surface area contributed by atoms with E-state index in [0.29, 0.717) is 34.7 Å². The summed E-state index contributed by atoms with van der Waals surface area (Å²) < 4.78 is 5.17. The van der Waals surface area contributed by atoms with Gasteiger partial charge in [-0.3, -0.25) is 19.9 Å². The molecule has 0 aliphatic heterocycles. The summed E-state index contributed by atoms with van der Waals surface area (Å²) >= 11 is 6.15. The summed E-state index contributed by atoms with van der Waals surface area (Å²) in [6.45, 7) is 7.06. The molecule has 0 saturated carbocycles. The molecule has 1 aromatic heterocycles. The molecule has 0 saturated heterocycles. The lowest BCUT2D eigenvalue weighted by Crippen LogP contribution is -2.44. The number of nitrogens with one attached hydrogen (secondary N) is 2. The van der Waals surface area contributed by atoms with Crippen molar-refractivity contribution >= 4 is 35.5 Å². The minimum Gasteiger partial charge on any atom is -0.444 e. The second-order valence-electron chi connectivity index (χ2n) is 7.29. The number of carbonyl (C=O) groups excluding carboxylic acids is 3. The van der Waals surface area contributed by atoms with Gasteiger partial charge in [-0.1, -0.05) is 30.7 Å². The largest absolute Gasteiger partial charge is 0.444 e. The molecule has 1 aromatic carbocycles. The van der Waals surface area contributed by atoms with E-state index in [4.69, 9.17) is 16.3 Å². The van der Waals surface area contributed by atoms with Gasteiger partial charge in [-0.05, 0) is 45.4 Å². The molecule has 0 spiro atoms. The first-order valence-corrected chi connectivity index (χ1v) is 9.52. The molecule has 8 heteroatoms. The lowest BCUT2D eigenvalue weighted by molar-refractivity contribution is -0.109. The number of pyridine rings is 1. The van der Waals surface area contributed by atoms with Gasteiger partial charge in [0, 0.05) is 17.5 Å². The van der Waals surface area contributed by atoms with E-state index >= 15 is 0 Å². The highest BCUT2D eigenvalue weighted by Crippen LogP contribution is 2.24. The lowest BCUT2D eigenvalue weighted by Gasteiger charge is -2.23. The number of rotatable bonds is 7. The Labute approximate surface area is 174 Å². The van der Waals surface area contributed by atoms with Gasteiger partial charge in [0.2, 0.25) is 0 Å². The van der Waals surface area contributed by atoms with Crippen LogP contribution < -0.4 is 10.6 Å². The van der Waals surface area contributed by atoms with Crippen LogP contribution in [0.3, 0.4) is 0 Å². The zero-order chi connectivity index (χ0) is 21.6. The van der Waals surface area contributed by atoms with E-state index < -0.39 is 17.9 Å². The standard InChI is InChI=1S/C21H24ClN3O4/c1-5-13-10-17(24-18(12-26)25-20(28)29-21(2,3)4)15(11-23-13)19(27)14-8-6-7-9-16(14)22/h6-12,18H,5H2,1-4H3,(H,23,24)(H,25,28). The molecule has 2 N–H and O–H groups in total. The number of benzene rings is 1. The molecule has 2 aromatic rings. The SMILES string of the molecule is CCc1cc(NC(C=O)NC(=O)OC(C)(C)C)c(C(=O)c2ccccc2Cl)cn1. The summed E-state index contributed by atoms with van der Waals surface area (Å²) in [5.41, 5.74) is 0.897. The van der Waals surface area contributed by atoms with Crippen LogP contribution in [0.5, 0.6) is 0 Å². The fraction of sp³-hybridized carbons (Fsp3) is 0.333. The topological polar surface area (TPSA) is 97.4 Å². The maximum absolute atomic E-state index is 13.0. The summed E-state index contributed by atoms with van der Waals surface area (Å²) in [5.74, 6) is -0.352. The third kappa shape index (κ3) is 6.29. The second-order valence-corrected chi connectivity index (χ2v) is 7.70. The van der Waals surface area contributed by atoms with Crippen LogP contribution in [0.1, 0.15) is 49.3 Å². The first kappa shape index (κ1) is 22.4. The highest BCUT2D eigenvalue weighted by atomic mass is 35.5. The van der Waals surface area contributed by atoms with Gasteiger partial charge in [-0.15, -0.1) is 0 Å². The van der Waals surface area contributed by atoms with E-state index in [1.807, 2.05) is 6.92 Å². The smallest absolute Gasteiger partial charge is 0.409 e. The number of hydrogen-bond donors (Lipinski definition) is 2. The summed E-state index contributed by atoms with van der Waals surface area (Å²) in [7, 11) is 0. The zero-order valence-corrected chi connectivity index (χ0v) is 17.5. The number of ether oxygens (including phenoxy) is 1. The molecule has 154 valence electrons. The van der Waals surface area contributed by atoms with Crippen molar-refractivity contribution in [2.24, 2.45) is 0 Å². The second kappa shape index (κ2) is 9.52. The van der Waals surface area contributed by atoms with Gasteiger partial charge in [-0.2, -0.15) is 0 Å². The molecule has 1 atom stereocenters. The van der Waals surface area contributed by atoms with Gasteiger partial charge in [0.1, 0.15) is 5.60 Å². The lowest BCUT2D eigenvalue weighted by atomic mass is 10.0. The molecule has 0 aliphatic rings. The van der Waals surface area contributed by atoms with Crippen molar-refractivity contribution in [1.29, 1.82) is 0 Å². The minimum atomic E-state index is -1.10. The highest BCUT2D eigenvalue weighted by Gasteiger charge is 2.22. The monoisotopic (exact) mass is 417 g/mol. The van der Waals surface area contributed by atoms with Gasteiger partial charge < -0.3 is 10.1 Å². The number of aromatic nitrogens is 1. The summed E-state index contributed by atoms with van der Waals surface area (Å²) in [5, 5.41) is 5.61. The Balaban J connectivity index is 2.33. The Kier molecular flexibility index (Phi) is 7.34. The van der Waals surface area contributed by atoms with Crippen LogP contribution in [0.15, 0.2) is 36.5 Å². The maximum atomic E-state index is 13.0. The molecule has 29 heavy (non-hydrogen) atoms. The van der Waals surface area contributed by atoms with Crippen molar-refractivity contribution in [1.82, 2.24) is 10.3 Å². The van der Waals surface area contributed by atoms with Gasteiger partial charge in [0.25, 0.3) is 0 Å². The van der Waals surface area contributed by atoms with Crippen LogP contribution in [-0.2, 0) is 16.0 Å². The molecule has 0 bridgehead atoms. The number of ketones is 1. The van der Waals surface area contributed by atoms with Crippen molar-refractivity contribution in [2.45, 2.75) is 45.9 Å². The normalized spacial score (nSPS) is 12.0. The Morgan fingerprint density at radius 2 is 1.93 bits per heavy atom. The Bertz CT molecular complexity index is 909. The van der Waals surface area contributed by atoms with E-state index in [1.54, 1.807) is 51.1 Å². The predicted octanol–water partition coefficient (Wildman–Crippen LogP) is 3.99. The Morgan fingerprint density at radius 1 is 1.24 bits per heavy atom. The van der Waals surface area contributed by atoms with Crippen LogP contribution in [0.2, 0.25) is 5.02 Å². The van der Waals surface area contributed by atoms with E-state index in [-0.39, 0.29) is 11.3 Å². The van der Waals surface area contributed by atoms with Crippen molar-refractivity contribution in [3.8, 4) is 0 Å². The fourth-order valence-electron chi connectivity index (χ4n) is 2.49. The van der Waals surface area contributed by atoms with Crippen molar-refractivity contribution in [2.75, 3.05) is 5.32 Å². The zero-order valence-electron chi connectivity index (χ0n) is 16.8. The molecular weight excluding hydrogens is 394 g/mol. The average molecular weight is 418 g/mol. The first-order chi connectivity index (χ1) is 13.6. The molecule has 1 heterocycles. The quantitative estimate of drug-likeness (QED) is 0.401. The number of nitrogens with zero attached hydrogens (tertiary/aromatic N) is 1. The molecule has 1 amide bonds. The van der Waals surface area contributed by atoms with Crippen LogP contribution in [0.4, 0.5) is 10.5 Å². The number of halogens is 1. The summed E-state index contributed by atoms with van der Waals surface area (Å²) in [6.07, 6.45) is 0.711. The molecule has 2 rings (SSSR count). The number of aldehydes is 1. The summed E-state index contributed by atoms with van der Waals surface area (Å²) in [4.78, 5) is 40.8. The highest BCUT2D eigenvalue weighted by molar-refractivity contribution is 6.35. The predicted molar refractivity (Wildman–Crippen MR) is 111 cm³/mol. The number of aryl methyl sites for hydroxylation is 1. The third-order valence-corrected chi connectivity index (χ3v) is 4.13. The van der Waals surface area contributed by atoms with Crippen LogP contribution >= 0.6 is 11.6 Å². The number of hydrogen-bond acceptors (Lipinski definition) is 6. The Morgan fingerprint density at radius 3 is 2.52 bits per heavy atom. The fourth-order valence-corrected chi connectivity index (χ4v) is 2.71. The van der Waals surface area contributed by atoms with Crippen molar-refractivity contribution < 1.29 is 19.1 Å². The van der Waals surface area contributed by atoms with E-state index in [9.17, 15) is 14.4 Å².